The van der Waals surface area contributed by atoms with E-state index in [1.54, 1.807) is 24.3 Å². The van der Waals surface area contributed by atoms with Crippen molar-refractivity contribution >= 4 is 32.6 Å². The van der Waals surface area contributed by atoms with Crippen LogP contribution >= 0.6 is 0 Å². The summed E-state index contributed by atoms with van der Waals surface area (Å²) >= 11 is 0. The van der Waals surface area contributed by atoms with Crippen molar-refractivity contribution in [3.05, 3.63) is 84.1 Å². The largest absolute Gasteiger partial charge is 0.451 e. The Morgan fingerprint density at radius 1 is 0.970 bits per heavy atom. The molecule has 0 aliphatic heterocycles. The molecule has 33 heavy (non-hydrogen) atoms. The Morgan fingerprint density at radius 2 is 1.67 bits per heavy atom. The number of furan rings is 1. The zero-order valence-electron chi connectivity index (χ0n) is 18.4. The van der Waals surface area contributed by atoms with Gasteiger partial charge in [0.1, 0.15) is 5.58 Å². The predicted molar refractivity (Wildman–Crippen MR) is 129 cm³/mol. The number of amides is 1. The van der Waals surface area contributed by atoms with Crippen molar-refractivity contribution in [2.45, 2.75) is 23.7 Å². The van der Waals surface area contributed by atoms with Gasteiger partial charge >= 0.3 is 5.91 Å². The quantitative estimate of drug-likeness (QED) is 0.430. The molecule has 1 amide bonds. The van der Waals surface area contributed by atoms with Crippen molar-refractivity contribution in [3.63, 3.8) is 0 Å². The molecule has 0 unspecified atom stereocenters. The van der Waals surface area contributed by atoms with E-state index in [0.29, 0.717) is 17.1 Å². The van der Waals surface area contributed by atoms with Gasteiger partial charge in [0.2, 0.25) is 0 Å². The zero-order chi connectivity index (χ0) is 23.2. The Kier molecular flexibility index (Phi) is 5.21. The summed E-state index contributed by atoms with van der Waals surface area (Å²) in [5, 5.41) is 0.775. The first-order chi connectivity index (χ1) is 15.8. The standard InChI is InChI=1S/C26H24N2O4S/c1-28(2)22-14-19(17-12-13-17)15-23-21(22)16-24(32-23)26(29)27-33(30,31)25-11-7-6-10-20(25)18-8-4-3-5-9-18/h3-11,14-17H,12-13H2,1-2H3,(H,27,29). The smallest absolute Gasteiger partial charge is 0.300 e. The van der Waals surface area contributed by atoms with E-state index in [2.05, 4.69) is 10.8 Å². The minimum Gasteiger partial charge on any atom is -0.451 e. The Balaban J connectivity index is 1.50. The summed E-state index contributed by atoms with van der Waals surface area (Å²) < 4.78 is 34.4. The van der Waals surface area contributed by atoms with Gasteiger partial charge in [0.25, 0.3) is 10.0 Å². The summed E-state index contributed by atoms with van der Waals surface area (Å²) in [6.45, 7) is 0. The van der Waals surface area contributed by atoms with E-state index >= 15 is 0 Å². The normalized spacial score (nSPS) is 13.8. The van der Waals surface area contributed by atoms with E-state index in [4.69, 9.17) is 4.42 Å². The van der Waals surface area contributed by atoms with Crippen LogP contribution in [0.3, 0.4) is 0 Å². The second-order valence-corrected chi connectivity index (χ2v) is 10.2. The number of nitrogens with zero attached hydrogens (tertiary/aromatic N) is 1. The van der Waals surface area contributed by atoms with E-state index in [9.17, 15) is 13.2 Å². The van der Waals surface area contributed by atoms with Gasteiger partial charge in [-0.15, -0.1) is 0 Å². The van der Waals surface area contributed by atoms with Crippen molar-refractivity contribution in [2.75, 3.05) is 19.0 Å². The highest BCUT2D eigenvalue weighted by Gasteiger charge is 2.28. The van der Waals surface area contributed by atoms with Crippen LogP contribution in [0.1, 0.15) is 34.9 Å². The first kappa shape index (κ1) is 21.3. The number of fused-ring (bicyclic) bond motifs is 1. The number of rotatable bonds is 6. The molecule has 3 aromatic carbocycles. The third-order valence-corrected chi connectivity index (χ3v) is 7.27. The third kappa shape index (κ3) is 4.12. The average Bonchev–Trinajstić information content (AvgIpc) is 3.57. The Bertz CT molecular complexity index is 1450. The molecule has 0 saturated heterocycles. The van der Waals surface area contributed by atoms with Crippen LogP contribution in [0, 0.1) is 0 Å². The summed E-state index contributed by atoms with van der Waals surface area (Å²) in [6.07, 6.45) is 2.29. The molecule has 0 bridgehead atoms. The first-order valence-corrected chi connectivity index (χ1v) is 12.3. The molecule has 1 N–H and O–H groups in total. The fraction of sp³-hybridized carbons (Fsp3) is 0.192. The van der Waals surface area contributed by atoms with Crippen LogP contribution in [-0.4, -0.2) is 28.4 Å². The molecule has 6 nitrogen and oxygen atoms in total. The number of anilines is 1. The highest BCUT2D eigenvalue weighted by molar-refractivity contribution is 7.90. The topological polar surface area (TPSA) is 79.6 Å². The molecule has 0 atom stereocenters. The molecular formula is C26H24N2O4S. The van der Waals surface area contributed by atoms with Gasteiger partial charge in [-0.25, -0.2) is 13.1 Å². The Labute approximate surface area is 192 Å². The van der Waals surface area contributed by atoms with Crippen molar-refractivity contribution in [3.8, 4) is 11.1 Å². The van der Waals surface area contributed by atoms with Crippen LogP contribution in [0.25, 0.3) is 22.1 Å². The lowest BCUT2D eigenvalue weighted by atomic mass is 10.1. The van der Waals surface area contributed by atoms with Gasteiger partial charge in [-0.1, -0.05) is 48.5 Å². The number of hydrogen-bond acceptors (Lipinski definition) is 5. The highest BCUT2D eigenvalue weighted by atomic mass is 32.2. The summed E-state index contributed by atoms with van der Waals surface area (Å²) in [7, 11) is -0.265. The number of carbonyl (C=O) groups excluding carboxylic acids is 1. The van der Waals surface area contributed by atoms with Gasteiger partial charge in [0, 0.05) is 30.7 Å². The SMILES string of the molecule is CN(C)c1cc(C2CC2)cc2oc(C(=O)NS(=O)(=O)c3ccccc3-c3ccccc3)cc12. The molecule has 1 fully saturated rings. The first-order valence-electron chi connectivity index (χ1n) is 10.8. The number of benzene rings is 3. The molecule has 1 aliphatic rings. The molecule has 4 aromatic rings. The maximum absolute atomic E-state index is 13.2. The lowest BCUT2D eigenvalue weighted by molar-refractivity contribution is 0.0956. The monoisotopic (exact) mass is 460 g/mol. The highest BCUT2D eigenvalue weighted by Crippen LogP contribution is 2.43. The van der Waals surface area contributed by atoms with E-state index in [-0.39, 0.29) is 10.7 Å². The molecule has 1 heterocycles. The molecule has 7 heteroatoms. The van der Waals surface area contributed by atoms with E-state index < -0.39 is 15.9 Å². The number of sulfonamides is 1. The van der Waals surface area contributed by atoms with E-state index in [0.717, 1.165) is 29.5 Å². The summed E-state index contributed by atoms with van der Waals surface area (Å²) in [5.41, 5.74) is 3.96. The Morgan fingerprint density at radius 3 is 2.36 bits per heavy atom. The lowest BCUT2D eigenvalue weighted by Crippen LogP contribution is -2.30. The fourth-order valence-corrected chi connectivity index (χ4v) is 5.25. The van der Waals surface area contributed by atoms with Crippen LogP contribution < -0.4 is 9.62 Å². The second-order valence-electron chi connectivity index (χ2n) is 8.53. The maximum atomic E-state index is 13.2. The summed E-state index contributed by atoms with van der Waals surface area (Å²) in [4.78, 5) is 15.0. The van der Waals surface area contributed by atoms with Gasteiger partial charge in [0.05, 0.1) is 4.90 Å². The Hall–Kier alpha value is -3.58. The number of hydrogen-bond donors (Lipinski definition) is 1. The zero-order valence-corrected chi connectivity index (χ0v) is 19.2. The van der Waals surface area contributed by atoms with Gasteiger partial charge in [-0.05, 0) is 54.2 Å². The van der Waals surface area contributed by atoms with E-state index in [1.165, 1.54) is 11.6 Å². The molecule has 0 spiro atoms. The van der Waals surface area contributed by atoms with Crippen molar-refractivity contribution in [2.24, 2.45) is 0 Å². The van der Waals surface area contributed by atoms with Crippen LogP contribution in [0.4, 0.5) is 5.69 Å². The van der Waals surface area contributed by atoms with Gasteiger partial charge in [-0.3, -0.25) is 4.79 Å². The van der Waals surface area contributed by atoms with Crippen LogP contribution in [0.15, 0.2) is 82.1 Å². The maximum Gasteiger partial charge on any atom is 0.300 e. The minimum atomic E-state index is -4.13. The van der Waals surface area contributed by atoms with E-state index in [1.807, 2.05) is 55.4 Å². The molecule has 1 aromatic heterocycles. The van der Waals surface area contributed by atoms with Crippen molar-refractivity contribution < 1.29 is 17.6 Å². The summed E-state index contributed by atoms with van der Waals surface area (Å²) in [6, 6.07) is 21.5. The van der Waals surface area contributed by atoms with Crippen LogP contribution in [-0.2, 0) is 10.0 Å². The van der Waals surface area contributed by atoms with Crippen molar-refractivity contribution in [1.29, 1.82) is 0 Å². The minimum absolute atomic E-state index is 0.0330. The van der Waals surface area contributed by atoms with Gasteiger partial charge < -0.3 is 9.32 Å². The van der Waals surface area contributed by atoms with Crippen LogP contribution in [0.5, 0.6) is 0 Å². The third-order valence-electron chi connectivity index (χ3n) is 5.88. The molecule has 168 valence electrons. The molecule has 5 rings (SSSR count). The number of carbonyl (C=O) groups is 1. The second kappa shape index (κ2) is 8.08. The molecule has 1 saturated carbocycles. The molecular weight excluding hydrogens is 436 g/mol. The molecule has 1 aliphatic carbocycles. The van der Waals surface area contributed by atoms with Gasteiger partial charge in [0.15, 0.2) is 5.76 Å². The average molecular weight is 461 g/mol. The van der Waals surface area contributed by atoms with Crippen molar-refractivity contribution in [1.82, 2.24) is 4.72 Å². The lowest BCUT2D eigenvalue weighted by Gasteiger charge is -2.14. The summed E-state index contributed by atoms with van der Waals surface area (Å²) in [5.74, 6) is -0.320. The predicted octanol–water partition coefficient (Wildman–Crippen LogP) is 5.16. The van der Waals surface area contributed by atoms with Crippen LogP contribution in [0.2, 0.25) is 0 Å². The number of nitrogens with one attached hydrogen (secondary N) is 1. The van der Waals surface area contributed by atoms with Gasteiger partial charge in [-0.2, -0.15) is 0 Å². The molecule has 0 radical (unpaired) electrons. The fourth-order valence-electron chi connectivity index (χ4n) is 4.06.